The van der Waals surface area contributed by atoms with Gasteiger partial charge in [-0.2, -0.15) is 0 Å². The average Bonchev–Trinajstić information content (AvgIpc) is 2.63. The van der Waals surface area contributed by atoms with E-state index in [2.05, 4.69) is 48.3 Å². The summed E-state index contributed by atoms with van der Waals surface area (Å²) in [6.45, 7) is 10.5. The maximum absolute atomic E-state index is 12.2. The highest BCUT2D eigenvalue weighted by atomic mass is 16.5. The van der Waals surface area contributed by atoms with Gasteiger partial charge in [0.25, 0.3) is 5.91 Å². The third-order valence-corrected chi connectivity index (χ3v) is 4.23. The van der Waals surface area contributed by atoms with E-state index in [1.807, 2.05) is 31.2 Å². The van der Waals surface area contributed by atoms with Gasteiger partial charge in [0.2, 0.25) is 0 Å². The Morgan fingerprint density at radius 3 is 2.20 bits per heavy atom. The monoisotopic (exact) mass is 340 g/mol. The van der Waals surface area contributed by atoms with E-state index in [-0.39, 0.29) is 5.91 Å². The number of rotatable bonds is 8. The molecule has 0 unspecified atom stereocenters. The van der Waals surface area contributed by atoms with Crippen LogP contribution >= 0.6 is 0 Å². The third-order valence-electron chi connectivity index (χ3n) is 4.23. The molecule has 2 aromatic rings. The van der Waals surface area contributed by atoms with E-state index in [1.165, 1.54) is 5.69 Å². The summed E-state index contributed by atoms with van der Waals surface area (Å²) < 4.78 is 5.68. The smallest absolute Gasteiger partial charge is 0.261 e. The second kappa shape index (κ2) is 9.11. The SMILES string of the molecule is CCN(CC)c1ccc(CNC(=O)[C@@H](C)Oc2ccc(C)cc2)cc1. The summed E-state index contributed by atoms with van der Waals surface area (Å²) in [5, 5.41) is 2.93. The number of hydrogen-bond acceptors (Lipinski definition) is 3. The van der Waals surface area contributed by atoms with Crippen molar-refractivity contribution in [3.8, 4) is 5.75 Å². The van der Waals surface area contributed by atoms with E-state index < -0.39 is 6.10 Å². The van der Waals surface area contributed by atoms with Crippen molar-refractivity contribution < 1.29 is 9.53 Å². The molecule has 4 heteroatoms. The number of nitrogens with one attached hydrogen (secondary N) is 1. The van der Waals surface area contributed by atoms with Gasteiger partial charge in [-0.1, -0.05) is 29.8 Å². The zero-order valence-corrected chi connectivity index (χ0v) is 15.6. The molecule has 0 spiro atoms. The Morgan fingerprint density at radius 1 is 1.04 bits per heavy atom. The van der Waals surface area contributed by atoms with Crippen molar-refractivity contribution >= 4 is 11.6 Å². The van der Waals surface area contributed by atoms with E-state index >= 15 is 0 Å². The number of carbonyl (C=O) groups excluding carboxylic acids is 1. The Balaban J connectivity index is 1.85. The summed E-state index contributed by atoms with van der Waals surface area (Å²) >= 11 is 0. The first kappa shape index (κ1) is 18.8. The fourth-order valence-electron chi connectivity index (χ4n) is 2.62. The van der Waals surface area contributed by atoms with Gasteiger partial charge in [0, 0.05) is 25.3 Å². The van der Waals surface area contributed by atoms with E-state index in [0.29, 0.717) is 12.3 Å². The molecule has 0 bridgehead atoms. The van der Waals surface area contributed by atoms with Crippen molar-refractivity contribution in [2.24, 2.45) is 0 Å². The van der Waals surface area contributed by atoms with Gasteiger partial charge < -0.3 is 15.0 Å². The van der Waals surface area contributed by atoms with Crippen LogP contribution in [0.25, 0.3) is 0 Å². The van der Waals surface area contributed by atoms with E-state index in [1.54, 1.807) is 6.92 Å². The Morgan fingerprint density at radius 2 is 1.64 bits per heavy atom. The lowest BCUT2D eigenvalue weighted by molar-refractivity contribution is -0.127. The maximum atomic E-state index is 12.2. The van der Waals surface area contributed by atoms with Crippen LogP contribution in [0.15, 0.2) is 48.5 Å². The maximum Gasteiger partial charge on any atom is 0.261 e. The molecule has 2 rings (SSSR count). The summed E-state index contributed by atoms with van der Waals surface area (Å²) in [4.78, 5) is 14.5. The summed E-state index contributed by atoms with van der Waals surface area (Å²) in [6.07, 6.45) is -0.530. The molecule has 2 aromatic carbocycles. The normalized spacial score (nSPS) is 11.7. The highest BCUT2D eigenvalue weighted by molar-refractivity contribution is 5.80. The number of anilines is 1. The molecule has 0 aromatic heterocycles. The summed E-state index contributed by atoms with van der Waals surface area (Å²) in [7, 11) is 0. The third kappa shape index (κ3) is 5.52. The fraction of sp³-hybridized carbons (Fsp3) is 0.381. The highest BCUT2D eigenvalue weighted by Crippen LogP contribution is 2.15. The molecule has 0 aliphatic rings. The molecule has 1 N–H and O–H groups in total. The zero-order chi connectivity index (χ0) is 18.2. The summed E-state index contributed by atoms with van der Waals surface area (Å²) in [5.74, 6) is 0.588. The molecule has 0 saturated carbocycles. The molecular weight excluding hydrogens is 312 g/mol. The number of carbonyl (C=O) groups is 1. The van der Waals surface area contributed by atoms with Crippen LogP contribution in [-0.2, 0) is 11.3 Å². The van der Waals surface area contributed by atoms with E-state index in [9.17, 15) is 4.79 Å². The molecule has 25 heavy (non-hydrogen) atoms. The van der Waals surface area contributed by atoms with Crippen molar-refractivity contribution in [1.82, 2.24) is 5.32 Å². The average molecular weight is 340 g/mol. The van der Waals surface area contributed by atoms with Crippen LogP contribution < -0.4 is 15.0 Å². The van der Waals surface area contributed by atoms with Gasteiger partial charge in [-0.05, 0) is 57.5 Å². The lowest BCUT2D eigenvalue weighted by Crippen LogP contribution is -2.35. The van der Waals surface area contributed by atoms with Gasteiger partial charge in [0.15, 0.2) is 6.10 Å². The molecule has 1 amide bonds. The highest BCUT2D eigenvalue weighted by Gasteiger charge is 2.14. The first-order chi connectivity index (χ1) is 12.0. The predicted molar refractivity (Wildman–Crippen MR) is 103 cm³/mol. The molecule has 134 valence electrons. The Hall–Kier alpha value is -2.49. The minimum Gasteiger partial charge on any atom is -0.481 e. The van der Waals surface area contributed by atoms with Gasteiger partial charge in [-0.15, -0.1) is 0 Å². The topological polar surface area (TPSA) is 41.6 Å². The van der Waals surface area contributed by atoms with Gasteiger partial charge in [-0.25, -0.2) is 0 Å². The van der Waals surface area contributed by atoms with Crippen LogP contribution in [0.5, 0.6) is 5.75 Å². The van der Waals surface area contributed by atoms with Gasteiger partial charge in [-0.3, -0.25) is 4.79 Å². The first-order valence-corrected chi connectivity index (χ1v) is 8.88. The van der Waals surface area contributed by atoms with Crippen molar-refractivity contribution in [2.75, 3.05) is 18.0 Å². The Bertz CT molecular complexity index is 661. The number of nitrogens with zero attached hydrogens (tertiary/aromatic N) is 1. The number of hydrogen-bond donors (Lipinski definition) is 1. The molecule has 0 saturated heterocycles. The predicted octanol–water partition coefficient (Wildman–Crippen LogP) is 3.92. The first-order valence-electron chi connectivity index (χ1n) is 8.88. The molecule has 0 aliphatic heterocycles. The van der Waals surface area contributed by atoms with Crippen LogP contribution in [0.1, 0.15) is 31.9 Å². The second-order valence-electron chi connectivity index (χ2n) is 6.13. The van der Waals surface area contributed by atoms with Crippen LogP contribution in [0.3, 0.4) is 0 Å². The molecular formula is C21H28N2O2. The van der Waals surface area contributed by atoms with Crippen LogP contribution in [0, 0.1) is 6.92 Å². The lowest BCUT2D eigenvalue weighted by atomic mass is 10.2. The minimum atomic E-state index is -0.530. The molecule has 0 radical (unpaired) electrons. The van der Waals surface area contributed by atoms with Gasteiger partial charge >= 0.3 is 0 Å². The molecule has 0 aliphatic carbocycles. The van der Waals surface area contributed by atoms with Gasteiger partial charge in [0.05, 0.1) is 0 Å². The number of benzene rings is 2. The summed E-state index contributed by atoms with van der Waals surface area (Å²) in [5.41, 5.74) is 3.44. The number of amides is 1. The molecule has 1 atom stereocenters. The quantitative estimate of drug-likeness (QED) is 0.792. The van der Waals surface area contributed by atoms with Crippen molar-refractivity contribution in [3.05, 3.63) is 59.7 Å². The van der Waals surface area contributed by atoms with Crippen LogP contribution in [-0.4, -0.2) is 25.1 Å². The van der Waals surface area contributed by atoms with Crippen molar-refractivity contribution in [3.63, 3.8) is 0 Å². The van der Waals surface area contributed by atoms with Crippen molar-refractivity contribution in [2.45, 2.75) is 40.3 Å². The van der Waals surface area contributed by atoms with E-state index in [4.69, 9.17) is 4.74 Å². The molecule has 4 nitrogen and oxygen atoms in total. The second-order valence-corrected chi connectivity index (χ2v) is 6.13. The van der Waals surface area contributed by atoms with Crippen LogP contribution in [0.4, 0.5) is 5.69 Å². The fourth-order valence-corrected chi connectivity index (χ4v) is 2.62. The van der Waals surface area contributed by atoms with Crippen LogP contribution in [0.2, 0.25) is 0 Å². The Kier molecular flexibility index (Phi) is 6.87. The number of ether oxygens (including phenoxy) is 1. The molecule has 0 fully saturated rings. The molecule has 0 heterocycles. The largest absolute Gasteiger partial charge is 0.481 e. The standard InChI is InChI=1S/C21H28N2O2/c1-5-23(6-2)19-11-9-18(10-12-19)15-22-21(24)17(4)25-20-13-7-16(3)8-14-20/h7-14,17H,5-6,15H2,1-4H3,(H,22,24)/t17-/m1/s1. The zero-order valence-electron chi connectivity index (χ0n) is 15.6. The van der Waals surface area contributed by atoms with E-state index in [0.717, 1.165) is 24.2 Å². The lowest BCUT2D eigenvalue weighted by Gasteiger charge is -2.21. The van der Waals surface area contributed by atoms with Crippen molar-refractivity contribution in [1.29, 1.82) is 0 Å². The van der Waals surface area contributed by atoms with Gasteiger partial charge in [0.1, 0.15) is 5.75 Å². The summed E-state index contributed by atoms with van der Waals surface area (Å²) in [6, 6.07) is 16.0. The Labute approximate surface area is 150 Å². The minimum absolute atomic E-state index is 0.117. The number of aryl methyl sites for hydroxylation is 1.